The lowest BCUT2D eigenvalue weighted by molar-refractivity contribution is -0.139. The van der Waals surface area contributed by atoms with E-state index in [1.54, 1.807) is 6.92 Å². The average Bonchev–Trinajstić information content (AvgIpc) is 2.69. The number of amides is 2. The molecule has 1 atom stereocenters. The van der Waals surface area contributed by atoms with Crippen LogP contribution in [0.25, 0.3) is 0 Å². The molecule has 25 heavy (non-hydrogen) atoms. The minimum absolute atomic E-state index is 0.0512. The largest absolute Gasteiger partial charge is 0.417 e. The molecule has 10 heteroatoms. The number of alkyl halides is 3. The van der Waals surface area contributed by atoms with Crippen molar-refractivity contribution >= 4 is 55.3 Å². The molecule has 1 aliphatic rings. The molecule has 0 aliphatic carbocycles. The van der Waals surface area contributed by atoms with Crippen molar-refractivity contribution in [1.29, 1.82) is 0 Å². The van der Waals surface area contributed by atoms with E-state index in [9.17, 15) is 22.8 Å². The standard InChI is InChI=1S/C15H10Br2ClF3N2O2/c1-6(2)10(23-13(24)11(16)12(17)14(23)25)4-9-8(18)3-7(5-22-9)15(19,20)21/h3,5,10H,1,4H2,2H3. The van der Waals surface area contributed by atoms with Crippen LogP contribution in [0.3, 0.4) is 0 Å². The van der Waals surface area contributed by atoms with Gasteiger partial charge in [-0.2, -0.15) is 13.2 Å². The zero-order valence-corrected chi connectivity index (χ0v) is 16.6. The third-order valence-corrected chi connectivity index (χ3v) is 5.85. The number of nitrogens with zero attached hydrogens (tertiary/aromatic N) is 2. The zero-order chi connectivity index (χ0) is 19.1. The number of halogens is 6. The number of carbonyl (C=O) groups is 2. The first kappa shape index (κ1) is 20.1. The van der Waals surface area contributed by atoms with Crippen molar-refractivity contribution in [1.82, 2.24) is 9.88 Å². The van der Waals surface area contributed by atoms with Gasteiger partial charge in [0.2, 0.25) is 0 Å². The van der Waals surface area contributed by atoms with Crippen molar-refractivity contribution in [2.45, 2.75) is 25.6 Å². The number of pyridine rings is 1. The van der Waals surface area contributed by atoms with Gasteiger partial charge in [-0.05, 0) is 44.8 Å². The molecular formula is C15H10Br2ClF3N2O2. The fraction of sp³-hybridized carbons (Fsp3) is 0.267. The topological polar surface area (TPSA) is 50.3 Å². The third kappa shape index (κ3) is 3.98. The average molecular weight is 503 g/mol. The summed E-state index contributed by atoms with van der Waals surface area (Å²) in [6.45, 7) is 5.36. The Bertz CT molecular complexity index is 784. The lowest BCUT2D eigenvalue weighted by atomic mass is 10.0. The lowest BCUT2D eigenvalue weighted by Crippen LogP contribution is -2.42. The molecule has 0 fully saturated rings. The predicted molar refractivity (Wildman–Crippen MR) is 93.3 cm³/mol. The van der Waals surface area contributed by atoms with E-state index in [-0.39, 0.29) is 26.1 Å². The van der Waals surface area contributed by atoms with Crippen molar-refractivity contribution in [2.24, 2.45) is 0 Å². The molecular weight excluding hydrogens is 492 g/mol. The van der Waals surface area contributed by atoms with Crippen LogP contribution in [0, 0.1) is 0 Å². The summed E-state index contributed by atoms with van der Waals surface area (Å²) in [7, 11) is 0. The second-order valence-electron chi connectivity index (χ2n) is 5.32. The molecule has 0 bridgehead atoms. The fourth-order valence-electron chi connectivity index (χ4n) is 2.22. The molecule has 2 amide bonds. The number of aromatic nitrogens is 1. The first-order valence-corrected chi connectivity index (χ1v) is 8.71. The SMILES string of the molecule is C=C(C)C(Cc1ncc(C(F)(F)F)cc1Cl)N1C(=O)C(Br)=C(Br)C1=O. The summed E-state index contributed by atoms with van der Waals surface area (Å²) in [5.41, 5.74) is -0.391. The quantitative estimate of drug-likeness (QED) is 0.446. The molecule has 1 unspecified atom stereocenters. The maximum Gasteiger partial charge on any atom is 0.417 e. The summed E-state index contributed by atoms with van der Waals surface area (Å²) < 4.78 is 38.2. The Balaban J connectivity index is 2.35. The van der Waals surface area contributed by atoms with Gasteiger partial charge in [0.05, 0.1) is 22.3 Å². The van der Waals surface area contributed by atoms with Crippen LogP contribution in [-0.4, -0.2) is 27.7 Å². The number of imide groups is 1. The highest BCUT2D eigenvalue weighted by Crippen LogP contribution is 2.35. The van der Waals surface area contributed by atoms with Gasteiger partial charge in [0.15, 0.2) is 0 Å². The van der Waals surface area contributed by atoms with Gasteiger partial charge < -0.3 is 0 Å². The molecule has 0 saturated carbocycles. The molecule has 0 spiro atoms. The van der Waals surface area contributed by atoms with E-state index in [1.165, 1.54) is 0 Å². The summed E-state index contributed by atoms with van der Waals surface area (Å²) in [6, 6.07) is -0.0405. The number of hydrogen-bond donors (Lipinski definition) is 0. The summed E-state index contributed by atoms with van der Waals surface area (Å²) in [5, 5.41) is -0.203. The van der Waals surface area contributed by atoms with Crippen LogP contribution in [0.4, 0.5) is 13.2 Å². The highest BCUT2D eigenvalue weighted by molar-refractivity contribution is 9.14. The third-order valence-electron chi connectivity index (χ3n) is 3.52. The smallest absolute Gasteiger partial charge is 0.268 e. The molecule has 0 saturated heterocycles. The van der Waals surface area contributed by atoms with Crippen LogP contribution >= 0.6 is 43.5 Å². The number of carbonyl (C=O) groups excluding carboxylic acids is 2. The molecule has 2 heterocycles. The van der Waals surface area contributed by atoms with Crippen LogP contribution in [0.15, 0.2) is 33.4 Å². The Morgan fingerprint density at radius 2 is 1.84 bits per heavy atom. The van der Waals surface area contributed by atoms with E-state index < -0.39 is 29.6 Å². The minimum atomic E-state index is -4.57. The Morgan fingerprint density at radius 1 is 1.32 bits per heavy atom. The summed E-state index contributed by atoms with van der Waals surface area (Å²) >= 11 is 12.0. The molecule has 1 aliphatic heterocycles. The Hall–Kier alpha value is -1.19. The molecule has 2 rings (SSSR count). The van der Waals surface area contributed by atoms with Gasteiger partial charge in [-0.25, -0.2) is 0 Å². The molecule has 1 aromatic heterocycles. The molecule has 0 aromatic carbocycles. The van der Waals surface area contributed by atoms with E-state index in [0.29, 0.717) is 11.8 Å². The van der Waals surface area contributed by atoms with Gasteiger partial charge in [-0.15, -0.1) is 0 Å². The van der Waals surface area contributed by atoms with Gasteiger partial charge in [0.25, 0.3) is 11.8 Å². The molecule has 1 aromatic rings. The van der Waals surface area contributed by atoms with Crippen LogP contribution in [0.1, 0.15) is 18.2 Å². The van der Waals surface area contributed by atoms with E-state index >= 15 is 0 Å². The summed E-state index contributed by atoms with van der Waals surface area (Å²) in [5.74, 6) is -1.15. The number of rotatable bonds is 4. The molecule has 0 N–H and O–H groups in total. The molecule has 0 radical (unpaired) electrons. The Morgan fingerprint density at radius 3 is 2.24 bits per heavy atom. The molecule has 4 nitrogen and oxygen atoms in total. The van der Waals surface area contributed by atoms with Crippen molar-refractivity contribution < 1.29 is 22.8 Å². The molecule has 134 valence electrons. The first-order valence-electron chi connectivity index (χ1n) is 6.75. The van der Waals surface area contributed by atoms with Crippen molar-refractivity contribution in [2.75, 3.05) is 0 Å². The minimum Gasteiger partial charge on any atom is -0.268 e. The highest BCUT2D eigenvalue weighted by Gasteiger charge is 2.41. The van der Waals surface area contributed by atoms with Crippen molar-refractivity contribution in [3.63, 3.8) is 0 Å². The normalized spacial score (nSPS) is 16.7. The van der Waals surface area contributed by atoms with E-state index in [2.05, 4.69) is 43.4 Å². The van der Waals surface area contributed by atoms with Crippen LogP contribution in [0.5, 0.6) is 0 Å². The van der Waals surface area contributed by atoms with Gasteiger partial charge in [-0.1, -0.05) is 23.8 Å². The summed E-state index contributed by atoms with van der Waals surface area (Å²) in [6.07, 6.45) is -3.96. The maximum atomic E-state index is 12.7. The van der Waals surface area contributed by atoms with Crippen LogP contribution in [-0.2, 0) is 22.2 Å². The fourth-order valence-corrected chi connectivity index (χ4v) is 3.18. The van der Waals surface area contributed by atoms with Crippen molar-refractivity contribution in [3.8, 4) is 0 Å². The van der Waals surface area contributed by atoms with Crippen LogP contribution < -0.4 is 0 Å². The van der Waals surface area contributed by atoms with Crippen LogP contribution in [0.2, 0.25) is 5.02 Å². The predicted octanol–water partition coefficient (Wildman–Crippen LogP) is 4.61. The monoisotopic (exact) mass is 500 g/mol. The summed E-state index contributed by atoms with van der Waals surface area (Å²) in [4.78, 5) is 29.2. The van der Waals surface area contributed by atoms with Gasteiger partial charge in [0.1, 0.15) is 8.96 Å². The van der Waals surface area contributed by atoms with Crippen molar-refractivity contribution in [3.05, 3.63) is 49.7 Å². The second-order valence-corrected chi connectivity index (χ2v) is 7.32. The lowest BCUT2D eigenvalue weighted by Gasteiger charge is -2.27. The van der Waals surface area contributed by atoms with E-state index in [0.717, 1.165) is 11.0 Å². The van der Waals surface area contributed by atoms with Gasteiger partial charge >= 0.3 is 6.18 Å². The second kappa shape index (κ2) is 7.20. The maximum absolute atomic E-state index is 12.7. The first-order chi connectivity index (χ1) is 11.4. The van der Waals surface area contributed by atoms with E-state index in [4.69, 9.17) is 11.6 Å². The van der Waals surface area contributed by atoms with Gasteiger partial charge in [0, 0.05) is 12.6 Å². The Kier molecular flexibility index (Phi) is 5.80. The highest BCUT2D eigenvalue weighted by atomic mass is 79.9. The van der Waals surface area contributed by atoms with Gasteiger partial charge in [-0.3, -0.25) is 19.5 Å². The Labute approximate surface area is 163 Å². The van der Waals surface area contributed by atoms with E-state index in [1.807, 2.05) is 0 Å². The zero-order valence-electron chi connectivity index (χ0n) is 12.6. The number of hydrogen-bond acceptors (Lipinski definition) is 3.